The molecule has 24 heavy (non-hydrogen) atoms. The Labute approximate surface area is 139 Å². The lowest BCUT2D eigenvalue weighted by Gasteiger charge is -2.44. The molecule has 1 saturated heterocycles. The van der Waals surface area contributed by atoms with E-state index in [1.54, 1.807) is 16.9 Å². The Morgan fingerprint density at radius 1 is 1.42 bits per heavy atom. The summed E-state index contributed by atoms with van der Waals surface area (Å²) in [5.74, 6) is 0.419. The first kappa shape index (κ1) is 15.5. The van der Waals surface area contributed by atoms with E-state index in [2.05, 4.69) is 15.0 Å². The molecule has 128 valence electrons. The number of hydrogen-bond acceptors (Lipinski definition) is 5. The van der Waals surface area contributed by atoms with Gasteiger partial charge in [0.15, 0.2) is 5.75 Å². The fourth-order valence-electron chi connectivity index (χ4n) is 3.69. The van der Waals surface area contributed by atoms with Gasteiger partial charge in [-0.15, -0.1) is 0 Å². The Bertz CT molecular complexity index is 740. The summed E-state index contributed by atoms with van der Waals surface area (Å²) in [5, 5.41) is 14.7. The number of likely N-dealkylation sites (tertiary alicyclic amines) is 1. The molecule has 1 atom stereocenters. The van der Waals surface area contributed by atoms with Crippen LogP contribution in [0.25, 0.3) is 0 Å². The first-order valence-corrected chi connectivity index (χ1v) is 8.27. The fourth-order valence-corrected chi connectivity index (χ4v) is 3.69. The molecule has 0 aliphatic carbocycles. The van der Waals surface area contributed by atoms with Gasteiger partial charge in [-0.2, -0.15) is 5.10 Å². The highest BCUT2D eigenvalue weighted by Gasteiger charge is 2.44. The van der Waals surface area contributed by atoms with E-state index < -0.39 is 6.10 Å². The minimum Gasteiger partial charge on any atom is -0.483 e. The molecule has 1 unspecified atom stereocenters. The zero-order valence-electron chi connectivity index (χ0n) is 13.7. The molecule has 0 aromatic carbocycles. The number of rotatable bonds is 2. The number of pyridine rings is 1. The van der Waals surface area contributed by atoms with Crippen LogP contribution in [-0.4, -0.2) is 43.5 Å². The molecule has 0 amide bonds. The minimum absolute atomic E-state index is 0.262. The summed E-state index contributed by atoms with van der Waals surface area (Å²) in [6.07, 6.45) is 5.00. The molecular formula is C17H21FN4O2. The zero-order valence-corrected chi connectivity index (χ0v) is 13.7. The van der Waals surface area contributed by atoms with Crippen LogP contribution < -0.4 is 4.74 Å². The molecule has 1 fully saturated rings. The Kier molecular flexibility index (Phi) is 3.77. The number of aliphatic hydroxyl groups is 1. The zero-order chi connectivity index (χ0) is 16.7. The highest BCUT2D eigenvalue weighted by atomic mass is 19.1. The smallest absolute Gasteiger partial charge is 0.163 e. The van der Waals surface area contributed by atoms with E-state index in [1.165, 1.54) is 6.07 Å². The maximum absolute atomic E-state index is 13.8. The van der Waals surface area contributed by atoms with Crippen LogP contribution in [0.4, 0.5) is 4.39 Å². The van der Waals surface area contributed by atoms with Crippen LogP contribution in [0.2, 0.25) is 0 Å². The number of halogens is 1. The minimum atomic E-state index is -0.588. The van der Waals surface area contributed by atoms with Crippen molar-refractivity contribution in [2.24, 2.45) is 7.05 Å². The van der Waals surface area contributed by atoms with E-state index in [9.17, 15) is 9.50 Å². The van der Waals surface area contributed by atoms with Gasteiger partial charge in [0.05, 0.1) is 11.9 Å². The second-order valence-electron chi connectivity index (χ2n) is 6.77. The lowest BCUT2D eigenvalue weighted by molar-refractivity contribution is -0.0561. The summed E-state index contributed by atoms with van der Waals surface area (Å²) in [7, 11) is 1.82. The number of hydrogen-bond donors (Lipinski definition) is 1. The number of fused-ring (bicyclic) bond motifs is 1. The monoisotopic (exact) mass is 332 g/mol. The van der Waals surface area contributed by atoms with Gasteiger partial charge in [-0.25, -0.2) is 4.39 Å². The molecule has 7 heteroatoms. The highest BCUT2D eigenvalue weighted by Crippen LogP contribution is 2.43. The highest BCUT2D eigenvalue weighted by molar-refractivity contribution is 5.31. The molecule has 2 aromatic rings. The molecule has 0 saturated carbocycles. The van der Waals surface area contributed by atoms with Crippen LogP contribution in [0.3, 0.4) is 0 Å². The van der Waals surface area contributed by atoms with E-state index in [0.29, 0.717) is 30.1 Å². The third-order valence-electron chi connectivity index (χ3n) is 5.00. The molecule has 1 spiro atoms. The number of aliphatic hydroxyl groups excluding tert-OH is 1. The predicted molar refractivity (Wildman–Crippen MR) is 84.8 cm³/mol. The van der Waals surface area contributed by atoms with Crippen molar-refractivity contribution < 1.29 is 14.2 Å². The van der Waals surface area contributed by atoms with Crippen molar-refractivity contribution in [1.82, 2.24) is 19.7 Å². The average molecular weight is 332 g/mol. The van der Waals surface area contributed by atoms with Gasteiger partial charge in [0.1, 0.15) is 23.2 Å². The maximum atomic E-state index is 13.8. The van der Waals surface area contributed by atoms with E-state index in [4.69, 9.17) is 4.74 Å². The van der Waals surface area contributed by atoms with Gasteiger partial charge in [0.2, 0.25) is 0 Å². The molecule has 0 bridgehead atoms. The number of ether oxygens (including phenoxy) is 1. The molecule has 2 aromatic heterocycles. The topological polar surface area (TPSA) is 63.4 Å². The number of piperidine rings is 1. The van der Waals surface area contributed by atoms with Crippen LogP contribution >= 0.6 is 0 Å². The Balaban J connectivity index is 1.44. The van der Waals surface area contributed by atoms with Gasteiger partial charge in [0.25, 0.3) is 0 Å². The SMILES string of the molecule is Cn1cc2c(n1)C(O)CC1(CCN(Cc3ncccc3F)CC1)O2. The molecular weight excluding hydrogens is 311 g/mol. The van der Waals surface area contributed by atoms with Crippen molar-refractivity contribution in [1.29, 1.82) is 0 Å². The quantitative estimate of drug-likeness (QED) is 0.909. The standard InChI is InChI=1S/C17H21FN4O2/c1-21-11-15-16(20-21)14(23)9-17(24-15)4-7-22(8-5-17)10-13-12(18)3-2-6-19-13/h2-3,6,11,14,23H,4-5,7-10H2,1H3. The summed E-state index contributed by atoms with van der Waals surface area (Å²) in [6.45, 7) is 2.08. The largest absolute Gasteiger partial charge is 0.483 e. The van der Waals surface area contributed by atoms with Crippen molar-refractivity contribution in [2.45, 2.75) is 37.5 Å². The molecule has 1 N–H and O–H groups in total. The number of aromatic nitrogens is 3. The molecule has 0 radical (unpaired) electrons. The van der Waals surface area contributed by atoms with Crippen LogP contribution in [0.15, 0.2) is 24.5 Å². The number of nitrogens with zero attached hydrogens (tertiary/aromatic N) is 4. The molecule has 2 aliphatic rings. The summed E-state index contributed by atoms with van der Waals surface area (Å²) < 4.78 is 21.6. The van der Waals surface area contributed by atoms with Gasteiger partial charge in [0, 0.05) is 39.3 Å². The summed E-state index contributed by atoms with van der Waals surface area (Å²) >= 11 is 0. The summed E-state index contributed by atoms with van der Waals surface area (Å²) in [4.78, 5) is 6.31. The third kappa shape index (κ3) is 2.78. The second kappa shape index (κ2) is 5.82. The van der Waals surface area contributed by atoms with Gasteiger partial charge in [-0.3, -0.25) is 14.6 Å². The van der Waals surface area contributed by atoms with Crippen LogP contribution in [0, 0.1) is 5.82 Å². The molecule has 4 heterocycles. The normalized spacial score (nSPS) is 23.0. The van der Waals surface area contributed by atoms with Crippen LogP contribution in [0.5, 0.6) is 5.75 Å². The second-order valence-corrected chi connectivity index (χ2v) is 6.77. The summed E-state index contributed by atoms with van der Waals surface area (Å²) in [6, 6.07) is 3.05. The lowest BCUT2D eigenvalue weighted by atomic mass is 9.83. The van der Waals surface area contributed by atoms with Gasteiger partial charge >= 0.3 is 0 Å². The van der Waals surface area contributed by atoms with Crippen molar-refractivity contribution in [2.75, 3.05) is 13.1 Å². The fraction of sp³-hybridized carbons (Fsp3) is 0.529. The number of aryl methyl sites for hydroxylation is 1. The maximum Gasteiger partial charge on any atom is 0.163 e. The van der Waals surface area contributed by atoms with Gasteiger partial charge in [-0.1, -0.05) is 0 Å². The van der Waals surface area contributed by atoms with Gasteiger partial charge in [-0.05, 0) is 25.0 Å². The van der Waals surface area contributed by atoms with Crippen molar-refractivity contribution in [3.05, 3.63) is 41.7 Å². The van der Waals surface area contributed by atoms with E-state index >= 15 is 0 Å². The summed E-state index contributed by atoms with van der Waals surface area (Å²) in [5.41, 5.74) is 0.753. The first-order chi connectivity index (χ1) is 11.5. The van der Waals surface area contributed by atoms with Crippen LogP contribution in [0.1, 0.15) is 36.8 Å². The van der Waals surface area contributed by atoms with Crippen molar-refractivity contribution in [3.63, 3.8) is 0 Å². The first-order valence-electron chi connectivity index (χ1n) is 8.27. The van der Waals surface area contributed by atoms with Gasteiger partial charge < -0.3 is 9.84 Å². The Morgan fingerprint density at radius 2 is 2.21 bits per heavy atom. The molecule has 6 nitrogen and oxygen atoms in total. The average Bonchev–Trinajstić information content (AvgIpc) is 2.93. The van der Waals surface area contributed by atoms with E-state index in [-0.39, 0.29) is 11.4 Å². The third-order valence-corrected chi connectivity index (χ3v) is 5.00. The Morgan fingerprint density at radius 3 is 2.96 bits per heavy atom. The van der Waals surface area contributed by atoms with Crippen LogP contribution in [-0.2, 0) is 13.6 Å². The van der Waals surface area contributed by atoms with Crippen molar-refractivity contribution >= 4 is 0 Å². The van der Waals surface area contributed by atoms with E-state index in [1.807, 2.05) is 13.2 Å². The lowest BCUT2D eigenvalue weighted by Crippen LogP contribution is -2.50. The van der Waals surface area contributed by atoms with Crippen molar-refractivity contribution in [3.8, 4) is 5.75 Å². The molecule has 2 aliphatic heterocycles. The Hall–Kier alpha value is -1.99. The molecule has 4 rings (SSSR count). The predicted octanol–water partition coefficient (Wildman–Crippen LogP) is 1.80. The van der Waals surface area contributed by atoms with E-state index in [0.717, 1.165) is 25.9 Å².